The molecule has 1 atom stereocenters. The lowest BCUT2D eigenvalue weighted by Crippen LogP contribution is -2.45. The second-order valence-electron chi connectivity index (χ2n) is 7.34. The molecule has 1 aliphatic heterocycles. The van der Waals surface area contributed by atoms with E-state index in [1.807, 2.05) is 16.9 Å². The molecule has 4 rings (SSSR count). The van der Waals surface area contributed by atoms with Gasteiger partial charge in [0.25, 0.3) is 0 Å². The van der Waals surface area contributed by atoms with E-state index >= 15 is 0 Å². The summed E-state index contributed by atoms with van der Waals surface area (Å²) in [6, 6.07) is 1.97. The van der Waals surface area contributed by atoms with Gasteiger partial charge in [0, 0.05) is 31.2 Å². The number of pyridine rings is 1. The molecule has 1 saturated heterocycles. The van der Waals surface area contributed by atoms with Crippen molar-refractivity contribution in [1.82, 2.24) is 24.4 Å². The molecular formula is C18H26N6O3S. The van der Waals surface area contributed by atoms with Crippen molar-refractivity contribution < 1.29 is 13.5 Å². The second kappa shape index (κ2) is 7.34. The lowest BCUT2D eigenvalue weighted by atomic mass is 9.98. The molecule has 3 N–H and O–H groups in total. The number of aliphatic hydroxyl groups excluding tert-OH is 1. The minimum Gasteiger partial charge on any atom is -0.385 e. The van der Waals surface area contributed by atoms with Crippen LogP contribution in [0.25, 0.3) is 22.1 Å². The van der Waals surface area contributed by atoms with Crippen LogP contribution in [0.15, 0.2) is 18.5 Å². The number of aromatic nitrogens is 4. The number of aliphatic hydroxyl groups is 1. The van der Waals surface area contributed by atoms with E-state index in [1.54, 1.807) is 20.0 Å². The van der Waals surface area contributed by atoms with Crippen molar-refractivity contribution in [2.45, 2.75) is 32.8 Å². The molecule has 0 spiro atoms. The van der Waals surface area contributed by atoms with Crippen LogP contribution in [0.4, 0.5) is 0 Å². The molecule has 152 valence electrons. The van der Waals surface area contributed by atoms with Gasteiger partial charge in [-0.2, -0.15) is 0 Å². The molecule has 0 aliphatic carbocycles. The Kier molecular flexibility index (Phi) is 5.02. The summed E-state index contributed by atoms with van der Waals surface area (Å²) in [5.74, 6) is 0.998. The Morgan fingerprint density at radius 2 is 2.14 bits per heavy atom. The van der Waals surface area contributed by atoms with E-state index in [9.17, 15) is 13.5 Å². The number of piperidine rings is 1. The van der Waals surface area contributed by atoms with Crippen molar-refractivity contribution in [3.8, 4) is 0 Å². The highest BCUT2D eigenvalue weighted by Gasteiger charge is 2.26. The Morgan fingerprint density at radius 3 is 2.82 bits per heavy atom. The lowest BCUT2D eigenvalue weighted by Gasteiger charge is -2.35. The average Bonchev–Trinajstić information content (AvgIpc) is 3.31. The summed E-state index contributed by atoms with van der Waals surface area (Å²) in [4.78, 5) is 12.1. The first-order valence-electron chi connectivity index (χ1n) is 9.64. The van der Waals surface area contributed by atoms with E-state index in [1.165, 1.54) is 0 Å². The molecule has 0 bridgehead atoms. The first-order valence-corrected chi connectivity index (χ1v) is 11.3. The van der Waals surface area contributed by atoms with Crippen LogP contribution < -0.4 is 9.73 Å². The minimum atomic E-state index is -3.16. The smallest absolute Gasteiger partial charge is 0.211 e. The molecule has 0 aromatic carbocycles. The van der Waals surface area contributed by atoms with Crippen LogP contribution in [-0.4, -0.2) is 58.5 Å². The summed E-state index contributed by atoms with van der Waals surface area (Å²) in [5, 5.41) is 13.5. The standard InChI is InChI=1S/C18H26N6O3S/c1-3-28(26,27)21-10-13-5-8-23(9-6-13)24-16-14-4-7-19-17(14)20-11-15(16)22-18(24)12(2)25/h4,7,11-13,21,25H,3,5-6,8-10H2,1-2H3,(H,19,20)/t12-/m1/s1. The van der Waals surface area contributed by atoms with Gasteiger partial charge in [-0.15, -0.1) is 0 Å². The van der Waals surface area contributed by atoms with Gasteiger partial charge in [0.05, 0.1) is 11.9 Å². The van der Waals surface area contributed by atoms with Gasteiger partial charge in [0.2, 0.25) is 10.0 Å². The molecule has 0 saturated carbocycles. The number of imidazole rings is 1. The molecule has 0 unspecified atom stereocenters. The minimum absolute atomic E-state index is 0.102. The first kappa shape index (κ1) is 19.2. The maximum Gasteiger partial charge on any atom is 0.211 e. The van der Waals surface area contributed by atoms with Gasteiger partial charge in [-0.3, -0.25) is 0 Å². The third-order valence-corrected chi connectivity index (χ3v) is 6.79. The van der Waals surface area contributed by atoms with E-state index in [-0.39, 0.29) is 5.75 Å². The van der Waals surface area contributed by atoms with Gasteiger partial charge < -0.3 is 15.1 Å². The number of hydrogen-bond donors (Lipinski definition) is 3. The summed E-state index contributed by atoms with van der Waals surface area (Å²) in [6.07, 6.45) is 4.60. The zero-order chi connectivity index (χ0) is 19.9. The van der Waals surface area contributed by atoms with Crippen LogP contribution in [0, 0.1) is 5.92 Å². The highest BCUT2D eigenvalue weighted by atomic mass is 32.2. The van der Waals surface area contributed by atoms with Gasteiger partial charge >= 0.3 is 0 Å². The molecule has 1 aliphatic rings. The van der Waals surface area contributed by atoms with Crippen LogP contribution in [0.5, 0.6) is 0 Å². The molecule has 10 heteroatoms. The molecule has 0 amide bonds. The fourth-order valence-electron chi connectivity index (χ4n) is 3.80. The first-order chi connectivity index (χ1) is 13.4. The van der Waals surface area contributed by atoms with Crippen molar-refractivity contribution in [2.24, 2.45) is 5.92 Å². The SMILES string of the molecule is CCS(=O)(=O)NCC1CCN(n2c([C@@H](C)O)nc3cnc4[nH]ccc4c32)CC1. The van der Waals surface area contributed by atoms with Crippen molar-refractivity contribution in [3.05, 3.63) is 24.3 Å². The predicted molar refractivity (Wildman–Crippen MR) is 108 cm³/mol. The number of fused-ring (bicyclic) bond motifs is 3. The number of nitrogens with one attached hydrogen (secondary N) is 2. The molecule has 28 heavy (non-hydrogen) atoms. The number of rotatable bonds is 6. The highest BCUT2D eigenvalue weighted by Crippen LogP contribution is 2.28. The van der Waals surface area contributed by atoms with Crippen LogP contribution in [0.1, 0.15) is 38.6 Å². The van der Waals surface area contributed by atoms with Crippen LogP contribution in [-0.2, 0) is 10.0 Å². The topological polar surface area (TPSA) is 116 Å². The Balaban J connectivity index is 1.61. The normalized spacial score (nSPS) is 17.6. The van der Waals surface area contributed by atoms with Gasteiger partial charge in [-0.05, 0) is 38.7 Å². The monoisotopic (exact) mass is 406 g/mol. The summed E-state index contributed by atoms with van der Waals surface area (Å²) >= 11 is 0. The number of H-pyrrole nitrogens is 1. The van der Waals surface area contributed by atoms with E-state index in [0.29, 0.717) is 18.3 Å². The predicted octanol–water partition coefficient (Wildman–Crippen LogP) is 1.25. The van der Waals surface area contributed by atoms with Gasteiger partial charge in [-0.1, -0.05) is 0 Å². The Labute approximate surface area is 163 Å². The molecule has 0 radical (unpaired) electrons. The van der Waals surface area contributed by atoms with Gasteiger partial charge in [-0.25, -0.2) is 27.8 Å². The average molecular weight is 407 g/mol. The Hall–Kier alpha value is -2.17. The van der Waals surface area contributed by atoms with Crippen molar-refractivity contribution in [2.75, 3.05) is 30.4 Å². The maximum absolute atomic E-state index is 11.7. The van der Waals surface area contributed by atoms with E-state index in [0.717, 1.165) is 48.0 Å². The quantitative estimate of drug-likeness (QED) is 0.567. The van der Waals surface area contributed by atoms with Crippen LogP contribution in [0.2, 0.25) is 0 Å². The van der Waals surface area contributed by atoms with E-state index in [4.69, 9.17) is 0 Å². The molecule has 4 heterocycles. The maximum atomic E-state index is 11.7. The summed E-state index contributed by atoms with van der Waals surface area (Å²) in [7, 11) is -3.16. The fourth-order valence-corrected chi connectivity index (χ4v) is 4.49. The molecule has 3 aromatic rings. The fraction of sp³-hybridized carbons (Fsp3) is 0.556. The van der Waals surface area contributed by atoms with Crippen molar-refractivity contribution in [3.63, 3.8) is 0 Å². The Morgan fingerprint density at radius 1 is 1.39 bits per heavy atom. The van der Waals surface area contributed by atoms with Crippen LogP contribution >= 0.6 is 0 Å². The van der Waals surface area contributed by atoms with Crippen molar-refractivity contribution >= 4 is 32.1 Å². The number of aromatic amines is 1. The molecule has 9 nitrogen and oxygen atoms in total. The highest BCUT2D eigenvalue weighted by molar-refractivity contribution is 7.89. The Bertz CT molecular complexity index is 1080. The number of sulfonamides is 1. The van der Waals surface area contributed by atoms with Crippen LogP contribution in [0.3, 0.4) is 0 Å². The van der Waals surface area contributed by atoms with E-state index < -0.39 is 16.1 Å². The summed E-state index contributed by atoms with van der Waals surface area (Å²) in [6.45, 7) is 5.36. The van der Waals surface area contributed by atoms with Crippen molar-refractivity contribution in [1.29, 1.82) is 0 Å². The van der Waals surface area contributed by atoms with Gasteiger partial charge in [0.1, 0.15) is 22.8 Å². The number of nitrogens with zero attached hydrogens (tertiary/aromatic N) is 4. The lowest BCUT2D eigenvalue weighted by molar-refractivity contribution is 0.182. The summed E-state index contributed by atoms with van der Waals surface area (Å²) < 4.78 is 28.1. The molecular weight excluding hydrogens is 380 g/mol. The number of hydrogen-bond acceptors (Lipinski definition) is 6. The molecule has 3 aromatic heterocycles. The zero-order valence-corrected chi connectivity index (χ0v) is 16.9. The molecule has 1 fully saturated rings. The third-order valence-electron chi connectivity index (χ3n) is 5.42. The van der Waals surface area contributed by atoms with E-state index in [2.05, 4.69) is 24.7 Å². The zero-order valence-electron chi connectivity index (χ0n) is 16.1. The largest absolute Gasteiger partial charge is 0.385 e. The van der Waals surface area contributed by atoms with Gasteiger partial charge in [0.15, 0.2) is 5.82 Å². The third kappa shape index (κ3) is 3.47. The second-order valence-corrected chi connectivity index (χ2v) is 9.43. The summed E-state index contributed by atoms with van der Waals surface area (Å²) in [5.41, 5.74) is 2.47.